The second kappa shape index (κ2) is 8.14. The fraction of sp³-hybridized carbons (Fsp3) is 0.348. The van der Waals surface area contributed by atoms with Crippen molar-refractivity contribution in [3.8, 4) is 5.75 Å². The molecule has 1 aliphatic rings. The maximum Gasteiger partial charge on any atom is 0.337 e. The molecular formula is C23H27FN4O4. The van der Waals surface area contributed by atoms with Crippen LogP contribution in [0.2, 0.25) is 0 Å². The van der Waals surface area contributed by atoms with Crippen LogP contribution in [0.1, 0.15) is 36.7 Å². The molecule has 0 saturated heterocycles. The average Bonchev–Trinajstić information content (AvgIpc) is 2.77. The number of aliphatic imine (C=N–C) groups is 1. The van der Waals surface area contributed by atoms with E-state index in [0.29, 0.717) is 22.7 Å². The van der Waals surface area contributed by atoms with Crippen molar-refractivity contribution >= 4 is 29.2 Å². The number of rotatable bonds is 5. The highest BCUT2D eigenvalue weighted by atomic mass is 19.1. The van der Waals surface area contributed by atoms with Crippen LogP contribution in [-0.2, 0) is 15.1 Å². The molecule has 2 aromatic carbocycles. The van der Waals surface area contributed by atoms with Gasteiger partial charge in [-0.05, 0) is 57.2 Å². The molecule has 0 bridgehead atoms. The minimum absolute atomic E-state index is 0.0228. The highest BCUT2D eigenvalue weighted by Crippen LogP contribution is 2.48. The zero-order valence-electron chi connectivity index (χ0n) is 18.9. The molecule has 1 atom stereocenters. The van der Waals surface area contributed by atoms with E-state index >= 15 is 4.39 Å². The molecule has 1 amide bonds. The normalized spacial score (nSPS) is 19.9. The predicted octanol–water partition coefficient (Wildman–Crippen LogP) is 3.39. The largest absolute Gasteiger partial charge is 0.495 e. The topological polar surface area (TPSA) is 106 Å². The highest BCUT2D eigenvalue weighted by molar-refractivity contribution is 6.01. The summed E-state index contributed by atoms with van der Waals surface area (Å²) >= 11 is 0. The Morgan fingerprint density at radius 3 is 2.47 bits per heavy atom. The van der Waals surface area contributed by atoms with Crippen molar-refractivity contribution in [2.45, 2.75) is 26.3 Å². The van der Waals surface area contributed by atoms with Gasteiger partial charge in [-0.3, -0.25) is 9.69 Å². The number of nitrogens with zero attached hydrogens (tertiary/aromatic N) is 2. The summed E-state index contributed by atoms with van der Waals surface area (Å²) in [5, 5.41) is 3.17. The third-order valence-electron chi connectivity index (χ3n) is 6.13. The van der Waals surface area contributed by atoms with E-state index < -0.39 is 22.7 Å². The van der Waals surface area contributed by atoms with Crippen LogP contribution in [0.4, 0.5) is 15.8 Å². The minimum Gasteiger partial charge on any atom is -0.495 e. The molecule has 9 heteroatoms. The summed E-state index contributed by atoms with van der Waals surface area (Å²) in [6.45, 7) is 5.13. The first-order chi connectivity index (χ1) is 15.0. The molecule has 1 unspecified atom stereocenters. The Labute approximate surface area is 186 Å². The number of hydrogen-bond acceptors (Lipinski definition) is 7. The number of methoxy groups -OCH3 is 2. The van der Waals surface area contributed by atoms with E-state index in [9.17, 15) is 9.59 Å². The van der Waals surface area contributed by atoms with E-state index in [-0.39, 0.29) is 17.4 Å². The molecule has 0 spiro atoms. The van der Waals surface area contributed by atoms with Gasteiger partial charge in [0.1, 0.15) is 17.1 Å². The standard InChI is InChI=1S/C23H27FN4O4/c1-22(2)20(30)28(4)21(25)27-23(22,3)15-12-14(8-9-16(15)24)26-17-10-7-13(19(29)32-6)11-18(17)31-5/h7-12,26H,1-6H3,(H2,25,27). The minimum atomic E-state index is -1.23. The first-order valence-electron chi connectivity index (χ1n) is 9.93. The van der Waals surface area contributed by atoms with Crippen molar-refractivity contribution < 1.29 is 23.5 Å². The Kier molecular flexibility index (Phi) is 5.86. The predicted molar refractivity (Wildman–Crippen MR) is 120 cm³/mol. The number of esters is 1. The number of carbonyl (C=O) groups is 2. The van der Waals surface area contributed by atoms with Crippen molar-refractivity contribution in [3.63, 3.8) is 0 Å². The van der Waals surface area contributed by atoms with Crippen molar-refractivity contribution in [1.82, 2.24) is 4.90 Å². The van der Waals surface area contributed by atoms with Crippen LogP contribution >= 0.6 is 0 Å². The van der Waals surface area contributed by atoms with Crippen LogP contribution in [0, 0.1) is 11.2 Å². The molecule has 3 N–H and O–H groups in total. The SMILES string of the molecule is COC(=O)c1ccc(Nc2ccc(F)c(C3(C)N=C(N)N(C)C(=O)C3(C)C)c2)c(OC)c1. The number of ether oxygens (including phenoxy) is 2. The lowest BCUT2D eigenvalue weighted by molar-refractivity contribution is -0.140. The fourth-order valence-corrected chi connectivity index (χ4v) is 3.74. The maximum absolute atomic E-state index is 15.0. The van der Waals surface area contributed by atoms with Gasteiger partial charge in [0.05, 0.1) is 30.9 Å². The Balaban J connectivity index is 2.06. The van der Waals surface area contributed by atoms with Crippen molar-refractivity contribution in [2.75, 3.05) is 26.6 Å². The van der Waals surface area contributed by atoms with E-state index in [0.717, 1.165) is 0 Å². The molecule has 1 aliphatic heterocycles. The zero-order chi connectivity index (χ0) is 23.8. The van der Waals surface area contributed by atoms with E-state index in [4.69, 9.17) is 15.2 Å². The summed E-state index contributed by atoms with van der Waals surface area (Å²) in [5.74, 6) is -0.827. The van der Waals surface area contributed by atoms with E-state index in [1.807, 2.05) is 0 Å². The van der Waals surface area contributed by atoms with Crippen LogP contribution in [-0.4, -0.2) is 44.0 Å². The first kappa shape index (κ1) is 23.1. The Morgan fingerprint density at radius 1 is 1.16 bits per heavy atom. The highest BCUT2D eigenvalue weighted by Gasteiger charge is 2.53. The lowest BCUT2D eigenvalue weighted by Gasteiger charge is -2.46. The Hall–Kier alpha value is -3.62. The van der Waals surface area contributed by atoms with Gasteiger partial charge in [0.15, 0.2) is 5.96 Å². The zero-order valence-corrected chi connectivity index (χ0v) is 18.9. The van der Waals surface area contributed by atoms with Crippen LogP contribution < -0.4 is 15.8 Å². The monoisotopic (exact) mass is 442 g/mol. The molecule has 0 aromatic heterocycles. The molecule has 2 aromatic rings. The Bertz CT molecular complexity index is 1120. The van der Waals surface area contributed by atoms with Gasteiger partial charge in [0, 0.05) is 18.3 Å². The second-order valence-corrected chi connectivity index (χ2v) is 8.26. The molecule has 0 fully saturated rings. The number of carbonyl (C=O) groups excluding carboxylic acids is 2. The smallest absolute Gasteiger partial charge is 0.337 e. The number of hydrogen-bond donors (Lipinski definition) is 2. The lowest BCUT2D eigenvalue weighted by atomic mass is 9.67. The van der Waals surface area contributed by atoms with Gasteiger partial charge in [-0.25, -0.2) is 14.2 Å². The molecular weight excluding hydrogens is 415 g/mol. The van der Waals surface area contributed by atoms with Gasteiger partial charge in [0.2, 0.25) is 5.91 Å². The number of anilines is 2. The number of halogens is 1. The van der Waals surface area contributed by atoms with Crippen molar-refractivity contribution in [3.05, 3.63) is 53.3 Å². The third kappa shape index (κ3) is 3.63. The van der Waals surface area contributed by atoms with Crippen molar-refractivity contribution in [2.24, 2.45) is 16.1 Å². The van der Waals surface area contributed by atoms with Gasteiger partial charge in [-0.2, -0.15) is 0 Å². The van der Waals surface area contributed by atoms with Crippen molar-refractivity contribution in [1.29, 1.82) is 0 Å². The van der Waals surface area contributed by atoms with E-state index in [1.54, 1.807) is 58.2 Å². The summed E-state index contributed by atoms with van der Waals surface area (Å²) < 4.78 is 25.1. The Morgan fingerprint density at radius 2 is 1.84 bits per heavy atom. The number of amides is 1. The van der Waals surface area contributed by atoms with Crippen LogP contribution in [0.25, 0.3) is 0 Å². The number of benzene rings is 2. The van der Waals surface area contributed by atoms with Crippen LogP contribution in [0.3, 0.4) is 0 Å². The van der Waals surface area contributed by atoms with Gasteiger partial charge in [-0.15, -0.1) is 0 Å². The molecule has 32 heavy (non-hydrogen) atoms. The summed E-state index contributed by atoms with van der Waals surface area (Å²) in [7, 11) is 4.32. The van der Waals surface area contributed by atoms with Gasteiger partial charge < -0.3 is 20.5 Å². The van der Waals surface area contributed by atoms with Gasteiger partial charge in [0.25, 0.3) is 0 Å². The van der Waals surface area contributed by atoms with Crippen LogP contribution in [0.5, 0.6) is 5.75 Å². The molecule has 0 aliphatic carbocycles. The number of guanidine groups is 1. The quantitative estimate of drug-likeness (QED) is 0.688. The summed E-state index contributed by atoms with van der Waals surface area (Å²) in [6.07, 6.45) is 0. The first-order valence-corrected chi connectivity index (χ1v) is 9.93. The van der Waals surface area contributed by atoms with Crippen LogP contribution in [0.15, 0.2) is 41.4 Å². The summed E-state index contributed by atoms with van der Waals surface area (Å²) in [4.78, 5) is 30.5. The average molecular weight is 442 g/mol. The molecule has 8 nitrogen and oxygen atoms in total. The van der Waals surface area contributed by atoms with E-state index in [2.05, 4.69) is 10.3 Å². The summed E-state index contributed by atoms with van der Waals surface area (Å²) in [5.41, 5.74) is 5.34. The van der Waals surface area contributed by atoms with E-state index in [1.165, 1.54) is 25.2 Å². The van der Waals surface area contributed by atoms with Gasteiger partial charge in [-0.1, -0.05) is 0 Å². The second-order valence-electron chi connectivity index (χ2n) is 8.26. The lowest BCUT2D eigenvalue weighted by Crippen LogP contribution is -2.58. The molecule has 1 heterocycles. The third-order valence-corrected chi connectivity index (χ3v) is 6.13. The fourth-order valence-electron chi connectivity index (χ4n) is 3.74. The summed E-state index contributed by atoms with van der Waals surface area (Å²) in [6, 6.07) is 9.26. The molecule has 0 radical (unpaired) electrons. The number of nitrogens with one attached hydrogen (secondary N) is 1. The molecule has 0 saturated carbocycles. The maximum atomic E-state index is 15.0. The molecule has 170 valence electrons. The number of nitrogens with two attached hydrogens (primary N) is 1. The molecule has 3 rings (SSSR count). The van der Waals surface area contributed by atoms with Gasteiger partial charge >= 0.3 is 5.97 Å².